The minimum atomic E-state index is -2.78. The van der Waals surface area contributed by atoms with Crippen molar-refractivity contribution in [2.24, 2.45) is 0 Å². The van der Waals surface area contributed by atoms with E-state index in [9.17, 15) is 8.42 Å². The number of nitrogens with one attached hydrogen (secondary N) is 1. The van der Waals surface area contributed by atoms with Crippen LogP contribution in [0.2, 0.25) is 0 Å². The standard InChI is InChI=1S/C14H21BrN2O2S/c1-17(10-12-4-2-3-5-14(12)15)8-7-16-13-6-9-20(18,19)11-13/h2-5,13,16H,6-11H2,1H3. The maximum Gasteiger partial charge on any atom is 0.151 e. The molecule has 0 aromatic heterocycles. The number of hydrogen-bond donors (Lipinski definition) is 1. The van der Waals surface area contributed by atoms with Crippen molar-refractivity contribution in [2.45, 2.75) is 19.0 Å². The van der Waals surface area contributed by atoms with E-state index in [2.05, 4.69) is 39.3 Å². The molecule has 2 rings (SSSR count). The monoisotopic (exact) mass is 360 g/mol. The van der Waals surface area contributed by atoms with Crippen LogP contribution in [0.1, 0.15) is 12.0 Å². The van der Waals surface area contributed by atoms with Gasteiger partial charge >= 0.3 is 0 Å². The third-order valence-corrected chi connectivity index (χ3v) is 6.10. The van der Waals surface area contributed by atoms with Crippen LogP contribution in [0.25, 0.3) is 0 Å². The zero-order chi connectivity index (χ0) is 14.6. The highest BCUT2D eigenvalue weighted by atomic mass is 79.9. The lowest BCUT2D eigenvalue weighted by Crippen LogP contribution is -2.36. The smallest absolute Gasteiger partial charge is 0.151 e. The van der Waals surface area contributed by atoms with Crippen molar-refractivity contribution in [3.63, 3.8) is 0 Å². The first-order valence-electron chi connectivity index (χ1n) is 6.82. The van der Waals surface area contributed by atoms with Gasteiger partial charge in [0.15, 0.2) is 9.84 Å². The molecule has 112 valence electrons. The SMILES string of the molecule is CN(CCNC1CCS(=O)(=O)C1)Cc1ccccc1Br. The number of halogens is 1. The van der Waals surface area contributed by atoms with E-state index in [1.807, 2.05) is 18.2 Å². The summed E-state index contributed by atoms with van der Waals surface area (Å²) in [7, 11) is -0.707. The Bertz CT molecular complexity index is 548. The molecule has 1 heterocycles. The Morgan fingerprint density at radius 2 is 2.15 bits per heavy atom. The second-order valence-electron chi connectivity index (χ2n) is 5.38. The normalized spacial score (nSPS) is 21.4. The molecule has 0 aliphatic carbocycles. The topological polar surface area (TPSA) is 49.4 Å². The van der Waals surface area contributed by atoms with Gasteiger partial charge in [0.05, 0.1) is 11.5 Å². The molecule has 20 heavy (non-hydrogen) atoms. The quantitative estimate of drug-likeness (QED) is 0.837. The fourth-order valence-electron chi connectivity index (χ4n) is 2.41. The van der Waals surface area contributed by atoms with Crippen molar-refractivity contribution >= 4 is 25.8 Å². The molecular weight excluding hydrogens is 340 g/mol. The summed E-state index contributed by atoms with van der Waals surface area (Å²) in [4.78, 5) is 2.23. The molecule has 1 unspecified atom stereocenters. The first kappa shape index (κ1) is 15.9. The van der Waals surface area contributed by atoms with Gasteiger partial charge in [0.1, 0.15) is 0 Å². The lowest BCUT2D eigenvalue weighted by molar-refractivity contribution is 0.318. The van der Waals surface area contributed by atoms with Crippen LogP contribution in [0, 0.1) is 0 Å². The van der Waals surface area contributed by atoms with Gasteiger partial charge < -0.3 is 10.2 Å². The molecule has 4 nitrogen and oxygen atoms in total. The van der Waals surface area contributed by atoms with Crippen LogP contribution in [0.4, 0.5) is 0 Å². The van der Waals surface area contributed by atoms with Gasteiger partial charge in [-0.2, -0.15) is 0 Å². The average molecular weight is 361 g/mol. The lowest BCUT2D eigenvalue weighted by Gasteiger charge is -2.19. The third-order valence-electron chi connectivity index (χ3n) is 3.56. The van der Waals surface area contributed by atoms with Gasteiger partial charge in [0.25, 0.3) is 0 Å². The van der Waals surface area contributed by atoms with E-state index in [0.717, 1.165) is 30.5 Å². The summed E-state index contributed by atoms with van der Waals surface area (Å²) in [6.45, 7) is 2.60. The number of sulfone groups is 1. The Morgan fingerprint density at radius 3 is 2.80 bits per heavy atom. The predicted octanol–water partition coefficient (Wildman–Crippen LogP) is 1.66. The van der Waals surface area contributed by atoms with Crippen LogP contribution in [0.3, 0.4) is 0 Å². The van der Waals surface area contributed by atoms with Gasteiger partial charge in [0.2, 0.25) is 0 Å². The Balaban J connectivity index is 1.71. The molecule has 1 aliphatic rings. The Morgan fingerprint density at radius 1 is 1.40 bits per heavy atom. The number of benzene rings is 1. The van der Waals surface area contributed by atoms with Gasteiger partial charge in [-0.05, 0) is 25.1 Å². The fourth-order valence-corrected chi connectivity index (χ4v) is 4.53. The maximum absolute atomic E-state index is 11.4. The highest BCUT2D eigenvalue weighted by Gasteiger charge is 2.27. The molecule has 1 aromatic carbocycles. The van der Waals surface area contributed by atoms with Gasteiger partial charge in [-0.15, -0.1) is 0 Å². The molecule has 0 bridgehead atoms. The first-order valence-corrected chi connectivity index (χ1v) is 9.43. The van der Waals surface area contributed by atoms with Crippen LogP contribution in [0.15, 0.2) is 28.7 Å². The largest absolute Gasteiger partial charge is 0.312 e. The molecule has 1 atom stereocenters. The summed E-state index contributed by atoms with van der Waals surface area (Å²) in [6.07, 6.45) is 0.746. The minimum Gasteiger partial charge on any atom is -0.312 e. The number of rotatable bonds is 6. The van der Waals surface area contributed by atoms with Crippen LogP contribution < -0.4 is 5.32 Å². The van der Waals surface area contributed by atoms with Crippen molar-refractivity contribution in [2.75, 3.05) is 31.6 Å². The molecule has 0 radical (unpaired) electrons. The third kappa shape index (κ3) is 4.84. The van der Waals surface area contributed by atoms with Crippen molar-refractivity contribution in [3.05, 3.63) is 34.3 Å². The second-order valence-corrected chi connectivity index (χ2v) is 8.47. The number of likely N-dealkylation sites (N-methyl/N-ethyl adjacent to an activating group) is 1. The van der Waals surface area contributed by atoms with Crippen molar-refractivity contribution in [1.29, 1.82) is 0 Å². The van der Waals surface area contributed by atoms with Crippen LogP contribution >= 0.6 is 15.9 Å². The fraction of sp³-hybridized carbons (Fsp3) is 0.571. The number of nitrogens with zero attached hydrogens (tertiary/aromatic N) is 1. The van der Waals surface area contributed by atoms with Gasteiger partial charge in [-0.1, -0.05) is 34.1 Å². The Kier molecular flexibility index (Phi) is 5.60. The molecule has 1 aliphatic heterocycles. The van der Waals surface area contributed by atoms with E-state index in [4.69, 9.17) is 0 Å². The summed E-state index contributed by atoms with van der Waals surface area (Å²) < 4.78 is 23.8. The lowest BCUT2D eigenvalue weighted by atomic mass is 10.2. The van der Waals surface area contributed by atoms with Crippen molar-refractivity contribution < 1.29 is 8.42 Å². The van der Waals surface area contributed by atoms with Crippen LogP contribution in [0.5, 0.6) is 0 Å². The molecule has 1 saturated heterocycles. The summed E-state index contributed by atoms with van der Waals surface area (Å²) >= 11 is 3.55. The molecule has 1 N–H and O–H groups in total. The van der Waals surface area contributed by atoms with E-state index in [1.165, 1.54) is 5.56 Å². The summed E-state index contributed by atoms with van der Waals surface area (Å²) in [5.41, 5.74) is 1.26. The van der Waals surface area contributed by atoms with E-state index in [0.29, 0.717) is 11.5 Å². The molecular formula is C14H21BrN2O2S. The van der Waals surface area contributed by atoms with E-state index >= 15 is 0 Å². The van der Waals surface area contributed by atoms with E-state index in [-0.39, 0.29) is 6.04 Å². The second kappa shape index (κ2) is 7.02. The van der Waals surface area contributed by atoms with E-state index < -0.39 is 9.84 Å². The van der Waals surface area contributed by atoms with Crippen molar-refractivity contribution in [3.8, 4) is 0 Å². The van der Waals surface area contributed by atoms with Crippen LogP contribution in [-0.2, 0) is 16.4 Å². The maximum atomic E-state index is 11.4. The number of hydrogen-bond acceptors (Lipinski definition) is 4. The predicted molar refractivity (Wildman–Crippen MR) is 85.5 cm³/mol. The average Bonchev–Trinajstić information content (AvgIpc) is 2.72. The van der Waals surface area contributed by atoms with Crippen molar-refractivity contribution in [1.82, 2.24) is 10.2 Å². The zero-order valence-electron chi connectivity index (χ0n) is 11.7. The zero-order valence-corrected chi connectivity index (χ0v) is 14.1. The minimum absolute atomic E-state index is 0.136. The van der Waals surface area contributed by atoms with E-state index in [1.54, 1.807) is 0 Å². The highest BCUT2D eigenvalue weighted by molar-refractivity contribution is 9.10. The Hall–Kier alpha value is -0.430. The molecule has 1 fully saturated rings. The first-order chi connectivity index (χ1) is 9.46. The Labute approximate surface area is 129 Å². The highest BCUT2D eigenvalue weighted by Crippen LogP contribution is 2.17. The molecule has 0 amide bonds. The molecule has 0 saturated carbocycles. The summed E-state index contributed by atoms with van der Waals surface area (Å²) in [5.74, 6) is 0.623. The molecule has 0 spiro atoms. The van der Waals surface area contributed by atoms with Gasteiger partial charge in [-0.3, -0.25) is 0 Å². The molecule has 1 aromatic rings. The van der Waals surface area contributed by atoms with Gasteiger partial charge in [-0.25, -0.2) is 8.42 Å². The van der Waals surface area contributed by atoms with Crippen LogP contribution in [-0.4, -0.2) is 51.0 Å². The summed E-state index contributed by atoms with van der Waals surface area (Å²) in [6, 6.07) is 8.34. The molecule has 6 heteroatoms. The van der Waals surface area contributed by atoms with Gasteiger partial charge in [0, 0.05) is 30.1 Å². The summed E-state index contributed by atoms with van der Waals surface area (Å²) in [5, 5.41) is 3.34.